The lowest BCUT2D eigenvalue weighted by Crippen LogP contribution is -2.53. The highest BCUT2D eigenvalue weighted by Crippen LogP contribution is 2.55. The molecule has 1 amide bonds. The van der Waals surface area contributed by atoms with Crippen LogP contribution in [0.2, 0.25) is 5.02 Å². The van der Waals surface area contributed by atoms with Gasteiger partial charge in [0.2, 0.25) is 5.91 Å². The van der Waals surface area contributed by atoms with E-state index in [4.69, 9.17) is 22.1 Å². The molecule has 174 valence electrons. The number of nitrogens with one attached hydrogen (secondary N) is 1. The zero-order valence-corrected chi connectivity index (χ0v) is 19.7. The Morgan fingerprint density at radius 2 is 2.00 bits per heavy atom. The predicted octanol–water partition coefficient (Wildman–Crippen LogP) is 4.10. The SMILES string of the molecule is CCOC(=O)C1=C(N)N(c2cccc(Cl)c2)C2=C(C(=O)CCC2)C12C(=O)Nc1ccc(C)cc12. The van der Waals surface area contributed by atoms with Crippen LogP contribution in [0, 0.1) is 6.92 Å². The monoisotopic (exact) mass is 477 g/mol. The average molecular weight is 478 g/mol. The second kappa shape index (κ2) is 8.02. The first-order valence-corrected chi connectivity index (χ1v) is 11.6. The molecule has 0 bridgehead atoms. The number of halogens is 1. The largest absolute Gasteiger partial charge is 0.462 e. The zero-order chi connectivity index (χ0) is 24.2. The molecule has 5 rings (SSSR count). The molecule has 1 aliphatic carbocycles. The lowest BCUT2D eigenvalue weighted by atomic mass is 9.63. The van der Waals surface area contributed by atoms with Crippen molar-refractivity contribution in [2.24, 2.45) is 5.73 Å². The van der Waals surface area contributed by atoms with E-state index in [2.05, 4.69) is 5.32 Å². The molecule has 1 spiro atoms. The molecule has 3 N–H and O–H groups in total. The Hall–Kier alpha value is -3.58. The molecule has 1 unspecified atom stereocenters. The second-order valence-corrected chi connectivity index (χ2v) is 9.08. The molecule has 0 radical (unpaired) electrons. The number of carbonyl (C=O) groups excluding carboxylic acids is 3. The lowest BCUT2D eigenvalue weighted by molar-refractivity contribution is -0.140. The van der Waals surface area contributed by atoms with Crippen LogP contribution in [0.5, 0.6) is 0 Å². The third-order valence-electron chi connectivity index (χ3n) is 6.62. The molecule has 0 aromatic heterocycles. The molecule has 2 aromatic rings. The summed E-state index contributed by atoms with van der Waals surface area (Å²) in [6, 6.07) is 12.5. The van der Waals surface area contributed by atoms with E-state index in [9.17, 15) is 14.4 Å². The molecule has 0 saturated heterocycles. The van der Waals surface area contributed by atoms with Gasteiger partial charge in [0.25, 0.3) is 0 Å². The summed E-state index contributed by atoms with van der Waals surface area (Å²) in [5, 5.41) is 3.37. The topological polar surface area (TPSA) is 102 Å². The second-order valence-electron chi connectivity index (χ2n) is 8.65. The Bertz CT molecular complexity index is 1330. The zero-order valence-electron chi connectivity index (χ0n) is 18.9. The number of ketones is 1. The number of amides is 1. The molecule has 3 aliphatic rings. The van der Waals surface area contributed by atoms with Gasteiger partial charge in [-0.25, -0.2) is 4.79 Å². The van der Waals surface area contributed by atoms with Crippen molar-refractivity contribution < 1.29 is 19.1 Å². The maximum absolute atomic E-state index is 13.8. The Morgan fingerprint density at radius 1 is 1.21 bits per heavy atom. The number of nitrogens with zero attached hydrogens (tertiary/aromatic N) is 1. The summed E-state index contributed by atoms with van der Waals surface area (Å²) < 4.78 is 5.41. The molecule has 2 aliphatic heterocycles. The van der Waals surface area contributed by atoms with Crippen LogP contribution in [-0.2, 0) is 24.5 Å². The number of benzene rings is 2. The fraction of sp³-hybridized carbons (Fsp3) is 0.269. The van der Waals surface area contributed by atoms with Crippen molar-refractivity contribution in [2.75, 3.05) is 16.8 Å². The summed E-state index contributed by atoms with van der Waals surface area (Å²) in [7, 11) is 0. The lowest BCUT2D eigenvalue weighted by Gasteiger charge is -2.44. The van der Waals surface area contributed by atoms with Crippen molar-refractivity contribution in [1.29, 1.82) is 0 Å². The number of nitrogens with two attached hydrogens (primary N) is 1. The highest BCUT2D eigenvalue weighted by atomic mass is 35.5. The van der Waals surface area contributed by atoms with Gasteiger partial charge in [0.1, 0.15) is 16.8 Å². The fourth-order valence-corrected chi connectivity index (χ4v) is 5.52. The van der Waals surface area contributed by atoms with Gasteiger partial charge in [0.15, 0.2) is 5.78 Å². The predicted molar refractivity (Wildman–Crippen MR) is 129 cm³/mol. The number of aryl methyl sites for hydroxylation is 1. The van der Waals surface area contributed by atoms with Crippen molar-refractivity contribution in [3.05, 3.63) is 81.3 Å². The van der Waals surface area contributed by atoms with Crippen LogP contribution in [0.1, 0.15) is 37.3 Å². The Labute approximate surface area is 202 Å². The Balaban J connectivity index is 1.91. The van der Waals surface area contributed by atoms with Gasteiger partial charge in [-0.15, -0.1) is 0 Å². The maximum atomic E-state index is 13.8. The third kappa shape index (κ3) is 3.00. The number of esters is 1. The van der Waals surface area contributed by atoms with Gasteiger partial charge < -0.3 is 15.8 Å². The van der Waals surface area contributed by atoms with E-state index in [1.54, 1.807) is 42.2 Å². The number of ether oxygens (including phenoxy) is 1. The highest BCUT2D eigenvalue weighted by molar-refractivity contribution is 6.31. The molecule has 34 heavy (non-hydrogen) atoms. The molecule has 1 atom stereocenters. The Morgan fingerprint density at radius 3 is 2.74 bits per heavy atom. The van der Waals surface area contributed by atoms with Crippen LogP contribution in [0.3, 0.4) is 0 Å². The van der Waals surface area contributed by atoms with Gasteiger partial charge >= 0.3 is 5.97 Å². The molecule has 2 aromatic carbocycles. The average Bonchev–Trinajstić information content (AvgIpc) is 3.06. The highest BCUT2D eigenvalue weighted by Gasteiger charge is 2.62. The van der Waals surface area contributed by atoms with Crippen molar-refractivity contribution in [2.45, 2.75) is 38.5 Å². The summed E-state index contributed by atoms with van der Waals surface area (Å²) in [6.07, 6.45) is 1.39. The standard InChI is InChI=1S/C26H24ClN3O4/c1-3-34-24(32)22-23(28)30(16-7-4-6-15(27)13-16)19-8-5-9-20(31)21(19)26(22)17-12-14(2)10-11-18(17)29-25(26)33/h4,6-7,10-13H,3,5,8-9,28H2,1-2H3,(H,29,33). The van der Waals surface area contributed by atoms with E-state index in [1.807, 2.05) is 19.1 Å². The molecule has 8 heteroatoms. The van der Waals surface area contributed by atoms with Crippen molar-refractivity contribution in [1.82, 2.24) is 0 Å². The normalized spacial score (nSPS) is 21.6. The number of fused-ring (bicyclic) bond motifs is 3. The molecule has 0 fully saturated rings. The fourth-order valence-electron chi connectivity index (χ4n) is 5.33. The van der Waals surface area contributed by atoms with E-state index in [-0.39, 0.29) is 35.8 Å². The third-order valence-corrected chi connectivity index (χ3v) is 6.85. The minimum Gasteiger partial charge on any atom is -0.462 e. The number of carbonyl (C=O) groups is 3. The molecular weight excluding hydrogens is 454 g/mol. The van der Waals surface area contributed by atoms with Gasteiger partial charge in [0, 0.05) is 39.7 Å². The number of hydrogen-bond donors (Lipinski definition) is 2. The minimum absolute atomic E-state index is 0.0508. The molecule has 2 heterocycles. The summed E-state index contributed by atoms with van der Waals surface area (Å²) in [6.45, 7) is 3.67. The van der Waals surface area contributed by atoms with E-state index >= 15 is 0 Å². The number of Topliss-reactive ketones (excluding diaryl/α,β-unsaturated/α-hetero) is 1. The van der Waals surface area contributed by atoms with Gasteiger partial charge in [-0.1, -0.05) is 35.4 Å². The van der Waals surface area contributed by atoms with E-state index in [0.29, 0.717) is 40.5 Å². The number of hydrogen-bond acceptors (Lipinski definition) is 6. The van der Waals surface area contributed by atoms with Crippen molar-refractivity contribution in [3.8, 4) is 0 Å². The van der Waals surface area contributed by atoms with Crippen LogP contribution in [0.25, 0.3) is 0 Å². The maximum Gasteiger partial charge on any atom is 0.339 e. The van der Waals surface area contributed by atoms with E-state index < -0.39 is 17.3 Å². The summed E-state index contributed by atoms with van der Waals surface area (Å²) in [5.74, 6) is -1.35. The number of allylic oxidation sites excluding steroid dienone is 1. The number of anilines is 2. The first-order chi connectivity index (χ1) is 16.3. The van der Waals surface area contributed by atoms with Gasteiger partial charge in [-0.3, -0.25) is 14.5 Å². The van der Waals surface area contributed by atoms with Crippen LogP contribution < -0.4 is 16.0 Å². The summed E-state index contributed by atoms with van der Waals surface area (Å²) in [4.78, 5) is 42.6. The van der Waals surface area contributed by atoms with E-state index in [1.165, 1.54) is 0 Å². The first kappa shape index (κ1) is 22.2. The molecule has 7 nitrogen and oxygen atoms in total. The van der Waals surface area contributed by atoms with Gasteiger partial charge in [-0.05, 0) is 51.0 Å². The first-order valence-electron chi connectivity index (χ1n) is 11.2. The summed E-state index contributed by atoms with van der Waals surface area (Å²) >= 11 is 6.27. The van der Waals surface area contributed by atoms with Gasteiger partial charge in [0.05, 0.1) is 6.61 Å². The molecular formula is C26H24ClN3O4. The van der Waals surface area contributed by atoms with Crippen LogP contribution in [0.15, 0.2) is 65.1 Å². The number of rotatable bonds is 3. The molecule has 0 saturated carbocycles. The van der Waals surface area contributed by atoms with Gasteiger partial charge in [-0.2, -0.15) is 0 Å². The Kier molecular flexibility index (Phi) is 5.24. The van der Waals surface area contributed by atoms with Crippen LogP contribution >= 0.6 is 11.6 Å². The minimum atomic E-state index is -1.68. The quantitative estimate of drug-likeness (QED) is 0.645. The van der Waals surface area contributed by atoms with Crippen molar-refractivity contribution >= 4 is 40.6 Å². The van der Waals surface area contributed by atoms with Crippen LogP contribution in [-0.4, -0.2) is 24.3 Å². The summed E-state index contributed by atoms with van der Waals surface area (Å²) in [5.41, 5.74) is 8.46. The smallest absolute Gasteiger partial charge is 0.339 e. The van der Waals surface area contributed by atoms with E-state index in [0.717, 1.165) is 5.56 Å². The van der Waals surface area contributed by atoms with Crippen molar-refractivity contribution in [3.63, 3.8) is 0 Å². The van der Waals surface area contributed by atoms with Crippen LogP contribution in [0.4, 0.5) is 11.4 Å².